The molecule has 4 rings (SSSR count). The summed E-state index contributed by atoms with van der Waals surface area (Å²) in [6.45, 7) is 3.80. The Morgan fingerprint density at radius 3 is 2.29 bits per heavy atom. The summed E-state index contributed by atoms with van der Waals surface area (Å²) in [4.78, 5) is 13.0. The van der Waals surface area contributed by atoms with Crippen molar-refractivity contribution >= 4 is 86.7 Å². The number of nitrogen functional groups attached to an aromatic ring is 1. The summed E-state index contributed by atoms with van der Waals surface area (Å²) in [6.07, 6.45) is 0. The lowest BCUT2D eigenvalue weighted by Crippen LogP contribution is -2.17. The van der Waals surface area contributed by atoms with Crippen molar-refractivity contribution < 1.29 is 13.6 Å². The van der Waals surface area contributed by atoms with Gasteiger partial charge in [0.25, 0.3) is 0 Å². The summed E-state index contributed by atoms with van der Waals surface area (Å²) < 4.78 is 27.0. The number of nitrogens with two attached hydrogens (primary N) is 1. The average Bonchev–Trinajstić information content (AvgIpc) is 3.36. The predicted molar refractivity (Wildman–Crippen MR) is 141 cm³/mol. The topological polar surface area (TPSA) is 67.2 Å². The molecule has 3 aromatic rings. The van der Waals surface area contributed by atoms with Crippen molar-refractivity contribution in [3.05, 3.63) is 92.9 Å². The molecule has 1 aliphatic carbocycles. The van der Waals surface area contributed by atoms with Gasteiger partial charge in [-0.2, -0.15) is 0 Å². The second-order valence-corrected chi connectivity index (χ2v) is 10.7. The van der Waals surface area contributed by atoms with Crippen LogP contribution in [0.4, 0.5) is 25.8 Å². The lowest BCUT2D eigenvalue weighted by atomic mass is 10.1. The zero-order valence-electron chi connectivity index (χ0n) is 17.6. The first-order valence-electron chi connectivity index (χ1n) is 10.0. The lowest BCUT2D eigenvalue weighted by Gasteiger charge is -2.15. The van der Waals surface area contributed by atoms with Gasteiger partial charge in [0.1, 0.15) is 15.8 Å². The van der Waals surface area contributed by atoms with Crippen LogP contribution in [0.3, 0.4) is 0 Å². The molecule has 3 aromatic carbocycles. The fraction of sp³-hybridized carbons (Fsp3) is 0.125. The molecule has 0 radical (unpaired) electrons. The van der Waals surface area contributed by atoms with Gasteiger partial charge in [0.15, 0.2) is 5.82 Å². The van der Waals surface area contributed by atoms with E-state index in [1.54, 1.807) is 24.3 Å². The molecular weight excluding hydrogens is 562 g/mol. The molecule has 11 heteroatoms. The van der Waals surface area contributed by atoms with E-state index in [1.165, 1.54) is 12.1 Å². The van der Waals surface area contributed by atoms with Crippen LogP contribution in [0.5, 0.6) is 0 Å². The number of carbonyl (C=O) groups excluding carboxylic acids is 1. The molecule has 0 aliphatic heterocycles. The molecule has 0 unspecified atom stereocenters. The monoisotopic (exact) mass is 575 g/mol. The van der Waals surface area contributed by atoms with Crippen LogP contribution in [-0.2, 0) is 4.79 Å². The van der Waals surface area contributed by atoms with Crippen LogP contribution in [0.25, 0.3) is 5.70 Å². The number of alkyl halides is 2. The van der Waals surface area contributed by atoms with Crippen molar-refractivity contribution in [3.8, 4) is 0 Å². The van der Waals surface area contributed by atoms with Gasteiger partial charge in [-0.25, -0.2) is 8.78 Å². The zero-order chi connectivity index (χ0) is 25.7. The molecule has 4 N–H and O–H groups in total. The van der Waals surface area contributed by atoms with Gasteiger partial charge in [0.2, 0.25) is 5.91 Å². The predicted octanol–water partition coefficient (Wildman–Crippen LogP) is 8.12. The van der Waals surface area contributed by atoms with E-state index in [0.717, 1.165) is 12.1 Å². The van der Waals surface area contributed by atoms with Crippen molar-refractivity contribution in [1.82, 2.24) is 0 Å². The Balaban J connectivity index is 1.54. The van der Waals surface area contributed by atoms with Gasteiger partial charge in [0.05, 0.1) is 16.6 Å². The number of rotatable bonds is 6. The number of amides is 1. The number of benzene rings is 3. The van der Waals surface area contributed by atoms with Crippen molar-refractivity contribution in [2.75, 3.05) is 16.4 Å². The van der Waals surface area contributed by atoms with Crippen molar-refractivity contribution in [3.63, 3.8) is 0 Å². The minimum atomic E-state index is -1.36. The Labute approximate surface area is 224 Å². The Morgan fingerprint density at radius 2 is 1.63 bits per heavy atom. The first-order valence-corrected chi connectivity index (χ1v) is 11.9. The van der Waals surface area contributed by atoms with Gasteiger partial charge in [0, 0.05) is 32.9 Å². The largest absolute Gasteiger partial charge is 0.396 e. The van der Waals surface area contributed by atoms with E-state index >= 15 is 0 Å². The molecule has 0 aromatic heterocycles. The smallest absolute Gasteiger partial charge is 0.231 e. The van der Waals surface area contributed by atoms with Crippen molar-refractivity contribution in [2.24, 2.45) is 5.92 Å². The van der Waals surface area contributed by atoms with Crippen LogP contribution in [0.1, 0.15) is 17.0 Å². The van der Waals surface area contributed by atoms with E-state index in [2.05, 4.69) is 17.2 Å². The Kier molecular flexibility index (Phi) is 7.15. The molecule has 0 saturated heterocycles. The summed E-state index contributed by atoms with van der Waals surface area (Å²) in [6, 6.07) is 11.5. The molecule has 0 heterocycles. The van der Waals surface area contributed by atoms with Gasteiger partial charge in [-0.15, -0.1) is 23.2 Å². The maximum atomic E-state index is 14.3. The fourth-order valence-electron chi connectivity index (χ4n) is 3.78. The molecule has 35 heavy (non-hydrogen) atoms. The number of nitrogens with one attached hydrogen (secondary N) is 2. The van der Waals surface area contributed by atoms with E-state index in [9.17, 15) is 13.6 Å². The maximum Gasteiger partial charge on any atom is 0.231 e. The molecule has 1 aliphatic rings. The molecule has 1 fully saturated rings. The van der Waals surface area contributed by atoms with E-state index in [4.69, 9.17) is 63.7 Å². The summed E-state index contributed by atoms with van der Waals surface area (Å²) in [5.41, 5.74) is 6.15. The zero-order valence-corrected chi connectivity index (χ0v) is 21.4. The van der Waals surface area contributed by atoms with E-state index in [0.29, 0.717) is 26.9 Å². The van der Waals surface area contributed by atoms with Gasteiger partial charge in [-0.3, -0.25) is 4.79 Å². The summed E-state index contributed by atoms with van der Waals surface area (Å²) in [7, 11) is 0. The van der Waals surface area contributed by atoms with Gasteiger partial charge in [-0.05, 0) is 54.1 Å². The minimum absolute atomic E-state index is 0.0800. The molecule has 2 atom stereocenters. The number of carbonyl (C=O) groups is 1. The van der Waals surface area contributed by atoms with Crippen LogP contribution < -0.4 is 16.4 Å². The van der Waals surface area contributed by atoms with Crippen LogP contribution in [-0.4, -0.2) is 10.2 Å². The molecule has 182 valence electrons. The van der Waals surface area contributed by atoms with Gasteiger partial charge >= 0.3 is 0 Å². The SMILES string of the molecule is C=C(Nc1c(F)ccc(N)c1F)c1cc(NC(=O)[C@H]2[C@H](c3cc(Cl)cc(Cl)c3)C2(Cl)Cl)ccc1Cl. The standard InChI is InChI=1S/C24H16Cl5F2N3O/c1-10(33-22-17(30)4-5-18(32)21(22)31)15-9-14(2-3-16(15)27)34-23(35)20-19(24(20,28)29)11-6-12(25)8-13(26)7-11/h2-9,19-20,33H,1,32H2,(H,34,35)/t19-,20+/m0/s1. The molecule has 4 nitrogen and oxygen atoms in total. The van der Waals surface area contributed by atoms with Crippen LogP contribution >= 0.6 is 58.0 Å². The van der Waals surface area contributed by atoms with E-state index < -0.39 is 39.4 Å². The van der Waals surface area contributed by atoms with E-state index in [1.807, 2.05) is 0 Å². The Bertz CT molecular complexity index is 1340. The second-order valence-electron chi connectivity index (χ2n) is 7.95. The van der Waals surface area contributed by atoms with Gasteiger partial charge < -0.3 is 16.4 Å². The highest BCUT2D eigenvalue weighted by molar-refractivity contribution is 6.53. The molecule has 0 spiro atoms. The second kappa shape index (κ2) is 9.68. The summed E-state index contributed by atoms with van der Waals surface area (Å²) in [5, 5.41) is 6.31. The number of halogens is 7. The van der Waals surface area contributed by atoms with Crippen LogP contribution in [0, 0.1) is 17.6 Å². The highest BCUT2D eigenvalue weighted by Gasteiger charge is 2.67. The van der Waals surface area contributed by atoms with Crippen molar-refractivity contribution in [1.29, 1.82) is 0 Å². The lowest BCUT2D eigenvalue weighted by molar-refractivity contribution is -0.117. The number of hydrogen-bond donors (Lipinski definition) is 3. The molecular formula is C24H16Cl5F2N3O. The average molecular weight is 578 g/mol. The molecule has 1 saturated carbocycles. The Morgan fingerprint density at radius 1 is 0.971 bits per heavy atom. The fourth-order valence-corrected chi connectivity index (χ4v) is 5.38. The Hall–Kier alpha value is -2.22. The minimum Gasteiger partial charge on any atom is -0.396 e. The molecule has 0 bridgehead atoms. The summed E-state index contributed by atoms with van der Waals surface area (Å²) >= 11 is 31.2. The molecule has 1 amide bonds. The normalized spacial score (nSPS) is 18.1. The van der Waals surface area contributed by atoms with E-state index in [-0.39, 0.29) is 16.4 Å². The van der Waals surface area contributed by atoms with Crippen LogP contribution in [0.15, 0.2) is 55.1 Å². The maximum absolute atomic E-state index is 14.3. The van der Waals surface area contributed by atoms with Gasteiger partial charge in [-0.1, -0.05) is 41.4 Å². The highest BCUT2D eigenvalue weighted by atomic mass is 35.5. The highest BCUT2D eigenvalue weighted by Crippen LogP contribution is 2.65. The number of anilines is 3. The third kappa shape index (κ3) is 5.18. The number of hydrogen-bond acceptors (Lipinski definition) is 3. The first kappa shape index (κ1) is 25.9. The third-order valence-corrected chi connectivity index (χ3v) is 7.24. The third-order valence-electron chi connectivity index (χ3n) is 5.54. The van der Waals surface area contributed by atoms with Crippen LogP contribution in [0.2, 0.25) is 15.1 Å². The summed E-state index contributed by atoms with van der Waals surface area (Å²) in [5.74, 6) is -3.58. The first-order chi connectivity index (χ1) is 16.4. The van der Waals surface area contributed by atoms with Crippen molar-refractivity contribution in [2.45, 2.75) is 10.3 Å². The quantitative estimate of drug-likeness (QED) is 0.205.